The molecule has 1 aliphatic heterocycles. The number of nitrogens with two attached hydrogens (primary N) is 1. The summed E-state index contributed by atoms with van der Waals surface area (Å²) >= 11 is 6.20. The summed E-state index contributed by atoms with van der Waals surface area (Å²) in [7, 11) is 1.63. The molecule has 2 N–H and O–H groups in total. The Balaban J connectivity index is 2.27. The van der Waals surface area contributed by atoms with Gasteiger partial charge in [0.2, 0.25) is 0 Å². The zero-order valence-corrected chi connectivity index (χ0v) is 11.8. The van der Waals surface area contributed by atoms with Crippen LogP contribution in [0.4, 0.5) is 0 Å². The van der Waals surface area contributed by atoms with Gasteiger partial charge in [0.25, 0.3) is 0 Å². The van der Waals surface area contributed by atoms with Crippen LogP contribution in [0.5, 0.6) is 5.75 Å². The second kappa shape index (κ2) is 5.91. The highest BCUT2D eigenvalue weighted by Crippen LogP contribution is 2.32. The van der Waals surface area contributed by atoms with Crippen molar-refractivity contribution in [3.63, 3.8) is 0 Å². The third kappa shape index (κ3) is 2.79. The minimum absolute atomic E-state index is 0.0903. The molecule has 2 unspecified atom stereocenters. The average Bonchev–Trinajstić information content (AvgIpc) is 2.82. The highest BCUT2D eigenvalue weighted by Gasteiger charge is 2.26. The fraction of sp³-hybridized carbons (Fsp3) is 0.571. The van der Waals surface area contributed by atoms with Crippen LogP contribution < -0.4 is 10.5 Å². The van der Waals surface area contributed by atoms with Crippen molar-refractivity contribution in [2.24, 2.45) is 5.73 Å². The van der Waals surface area contributed by atoms with E-state index in [-0.39, 0.29) is 12.1 Å². The standard InChI is InChI=1S/C14H21ClN2O/c1-10(16)14(17-7-3-4-8-17)11-5-6-13(18-2)12(15)9-11/h5-6,9-10,14H,3-4,7-8,16H2,1-2H3. The smallest absolute Gasteiger partial charge is 0.137 e. The van der Waals surface area contributed by atoms with Gasteiger partial charge in [0.15, 0.2) is 0 Å². The van der Waals surface area contributed by atoms with E-state index in [2.05, 4.69) is 17.9 Å². The van der Waals surface area contributed by atoms with Gasteiger partial charge in [0.1, 0.15) is 5.75 Å². The monoisotopic (exact) mass is 268 g/mol. The topological polar surface area (TPSA) is 38.5 Å². The molecule has 0 aliphatic carbocycles. The molecule has 1 heterocycles. The minimum Gasteiger partial charge on any atom is -0.495 e. The SMILES string of the molecule is COc1ccc(C(C(C)N)N2CCCC2)cc1Cl. The third-order valence-electron chi connectivity index (χ3n) is 3.55. The van der Waals surface area contributed by atoms with Gasteiger partial charge in [-0.3, -0.25) is 4.90 Å². The molecule has 4 heteroatoms. The first-order valence-corrected chi connectivity index (χ1v) is 6.84. The van der Waals surface area contributed by atoms with E-state index in [1.54, 1.807) is 7.11 Å². The molecule has 3 nitrogen and oxygen atoms in total. The first-order valence-electron chi connectivity index (χ1n) is 6.46. The van der Waals surface area contributed by atoms with Crippen LogP contribution in [0.25, 0.3) is 0 Å². The largest absolute Gasteiger partial charge is 0.495 e. The maximum Gasteiger partial charge on any atom is 0.137 e. The highest BCUT2D eigenvalue weighted by atomic mass is 35.5. The van der Waals surface area contributed by atoms with Gasteiger partial charge in [-0.15, -0.1) is 0 Å². The first kappa shape index (κ1) is 13.7. The number of ether oxygens (including phenoxy) is 1. The zero-order valence-electron chi connectivity index (χ0n) is 11.0. The molecule has 18 heavy (non-hydrogen) atoms. The number of likely N-dealkylation sites (tertiary alicyclic amines) is 1. The molecule has 1 aromatic rings. The summed E-state index contributed by atoms with van der Waals surface area (Å²) in [6.07, 6.45) is 2.51. The van der Waals surface area contributed by atoms with Crippen molar-refractivity contribution in [2.75, 3.05) is 20.2 Å². The molecule has 0 aromatic heterocycles. The van der Waals surface area contributed by atoms with Gasteiger partial charge in [-0.2, -0.15) is 0 Å². The Morgan fingerprint density at radius 1 is 1.33 bits per heavy atom. The van der Waals surface area contributed by atoms with E-state index >= 15 is 0 Å². The van der Waals surface area contributed by atoms with E-state index in [9.17, 15) is 0 Å². The molecule has 0 amide bonds. The second-order valence-corrected chi connectivity index (χ2v) is 5.35. The van der Waals surface area contributed by atoms with Gasteiger partial charge in [0.05, 0.1) is 12.1 Å². The van der Waals surface area contributed by atoms with Crippen molar-refractivity contribution in [3.05, 3.63) is 28.8 Å². The summed E-state index contributed by atoms with van der Waals surface area (Å²) < 4.78 is 5.19. The molecule has 1 saturated heterocycles. The molecule has 1 aliphatic rings. The van der Waals surface area contributed by atoms with Gasteiger partial charge in [-0.05, 0) is 50.6 Å². The van der Waals surface area contributed by atoms with Crippen LogP contribution >= 0.6 is 11.6 Å². The summed E-state index contributed by atoms with van der Waals surface area (Å²) in [6.45, 7) is 4.30. The predicted octanol–water partition coefficient (Wildman–Crippen LogP) is 2.83. The fourth-order valence-corrected chi connectivity index (χ4v) is 3.00. The first-order chi connectivity index (χ1) is 8.63. The lowest BCUT2D eigenvalue weighted by Crippen LogP contribution is -2.37. The number of nitrogens with zero attached hydrogens (tertiary/aromatic N) is 1. The molecular formula is C14H21ClN2O. The van der Waals surface area contributed by atoms with E-state index in [0.29, 0.717) is 10.8 Å². The normalized spacial score (nSPS) is 19.8. The maximum atomic E-state index is 6.20. The average molecular weight is 269 g/mol. The molecule has 0 radical (unpaired) electrons. The number of hydrogen-bond donors (Lipinski definition) is 1. The Morgan fingerprint density at radius 2 is 2.00 bits per heavy atom. The molecule has 2 atom stereocenters. The number of rotatable bonds is 4. The lowest BCUT2D eigenvalue weighted by Gasteiger charge is -2.31. The van der Waals surface area contributed by atoms with Crippen LogP contribution in [-0.4, -0.2) is 31.1 Å². The molecule has 2 rings (SSSR count). The number of hydrogen-bond acceptors (Lipinski definition) is 3. The predicted molar refractivity (Wildman–Crippen MR) is 75.2 cm³/mol. The molecule has 100 valence electrons. The Bertz CT molecular complexity index is 403. The number of benzene rings is 1. The second-order valence-electron chi connectivity index (χ2n) is 4.94. The zero-order chi connectivity index (χ0) is 13.1. The van der Waals surface area contributed by atoms with Gasteiger partial charge < -0.3 is 10.5 Å². The molecule has 0 spiro atoms. The van der Waals surface area contributed by atoms with Crippen LogP contribution in [0.15, 0.2) is 18.2 Å². The minimum atomic E-state index is 0.0903. The van der Waals surface area contributed by atoms with Crippen molar-refractivity contribution >= 4 is 11.6 Å². The summed E-state index contributed by atoms with van der Waals surface area (Å²) in [5.74, 6) is 0.713. The van der Waals surface area contributed by atoms with Crippen molar-refractivity contribution in [1.29, 1.82) is 0 Å². The van der Waals surface area contributed by atoms with Gasteiger partial charge >= 0.3 is 0 Å². The van der Waals surface area contributed by atoms with Crippen molar-refractivity contribution in [2.45, 2.75) is 31.8 Å². The summed E-state index contributed by atoms with van der Waals surface area (Å²) in [6, 6.07) is 6.30. The van der Waals surface area contributed by atoms with E-state index in [4.69, 9.17) is 22.1 Å². The summed E-state index contributed by atoms with van der Waals surface area (Å²) in [5.41, 5.74) is 7.33. The van der Waals surface area contributed by atoms with E-state index < -0.39 is 0 Å². The Kier molecular flexibility index (Phi) is 4.49. The van der Waals surface area contributed by atoms with Crippen molar-refractivity contribution in [1.82, 2.24) is 4.90 Å². The summed E-state index contributed by atoms with van der Waals surface area (Å²) in [5, 5.41) is 0.653. The van der Waals surface area contributed by atoms with Gasteiger partial charge in [0, 0.05) is 12.1 Å². The molecule has 1 fully saturated rings. The summed E-state index contributed by atoms with van der Waals surface area (Å²) in [4.78, 5) is 2.45. The van der Waals surface area contributed by atoms with Crippen LogP contribution in [0.3, 0.4) is 0 Å². The molecule has 1 aromatic carbocycles. The van der Waals surface area contributed by atoms with Crippen LogP contribution in [0.2, 0.25) is 5.02 Å². The quantitative estimate of drug-likeness (QED) is 0.913. The lowest BCUT2D eigenvalue weighted by atomic mass is 9.99. The van der Waals surface area contributed by atoms with E-state index in [1.165, 1.54) is 18.4 Å². The molecular weight excluding hydrogens is 248 g/mol. The Hall–Kier alpha value is -0.770. The van der Waals surface area contributed by atoms with Gasteiger partial charge in [-0.25, -0.2) is 0 Å². The van der Waals surface area contributed by atoms with Gasteiger partial charge in [-0.1, -0.05) is 17.7 Å². The van der Waals surface area contributed by atoms with E-state index in [0.717, 1.165) is 13.1 Å². The van der Waals surface area contributed by atoms with Crippen LogP contribution in [0.1, 0.15) is 31.4 Å². The Morgan fingerprint density at radius 3 is 2.50 bits per heavy atom. The number of methoxy groups -OCH3 is 1. The Labute approximate surface area is 114 Å². The maximum absolute atomic E-state index is 6.20. The lowest BCUT2D eigenvalue weighted by molar-refractivity contribution is 0.219. The molecule has 0 saturated carbocycles. The van der Waals surface area contributed by atoms with Crippen LogP contribution in [0, 0.1) is 0 Å². The van der Waals surface area contributed by atoms with Crippen LogP contribution in [-0.2, 0) is 0 Å². The molecule has 0 bridgehead atoms. The third-order valence-corrected chi connectivity index (χ3v) is 3.84. The van der Waals surface area contributed by atoms with E-state index in [1.807, 2.05) is 12.1 Å². The van der Waals surface area contributed by atoms with Crippen molar-refractivity contribution in [3.8, 4) is 5.75 Å². The number of halogens is 1. The highest BCUT2D eigenvalue weighted by molar-refractivity contribution is 6.32. The van der Waals surface area contributed by atoms with Crippen molar-refractivity contribution < 1.29 is 4.74 Å². The fourth-order valence-electron chi connectivity index (χ4n) is 2.73.